The standard InChI is InChI=1S/C28H32N4O4/c1-30-15-16-31(2)28(35)22-8-5-10-24(17-22)32-18-23(29-20-32)9-6-11-25(33)19-36-26-12-4-3-7-21(26)13-14-27(30)34/h3-5,7-8,10,12,17-18,20H,6,9,11,13-16,19H2,1-2H3. The number of hydrogen-bond acceptors (Lipinski definition) is 5. The van der Waals surface area contributed by atoms with Crippen LogP contribution in [-0.4, -0.2) is 70.7 Å². The molecule has 0 unspecified atom stereocenters. The Morgan fingerprint density at radius 1 is 0.861 bits per heavy atom. The zero-order valence-corrected chi connectivity index (χ0v) is 20.9. The minimum Gasteiger partial charge on any atom is -0.486 e. The predicted octanol–water partition coefficient (Wildman–Crippen LogP) is 3.32. The van der Waals surface area contributed by atoms with Crippen LogP contribution in [0.5, 0.6) is 5.75 Å². The van der Waals surface area contributed by atoms with Crippen molar-refractivity contribution in [2.75, 3.05) is 33.8 Å². The lowest BCUT2D eigenvalue weighted by molar-refractivity contribution is -0.130. The highest BCUT2D eigenvalue weighted by Crippen LogP contribution is 2.20. The molecule has 0 spiro atoms. The summed E-state index contributed by atoms with van der Waals surface area (Å²) >= 11 is 0. The van der Waals surface area contributed by atoms with Gasteiger partial charge in [0.15, 0.2) is 5.78 Å². The Kier molecular flexibility index (Phi) is 8.15. The zero-order valence-electron chi connectivity index (χ0n) is 20.9. The SMILES string of the molecule is CN1CCN(C)C(=O)c2cccc(c2)-n2cnc(c2)CCCC(=O)COc2ccccc2CCC1=O. The Morgan fingerprint density at radius 2 is 1.67 bits per heavy atom. The van der Waals surface area contributed by atoms with E-state index in [1.807, 2.05) is 53.2 Å². The van der Waals surface area contributed by atoms with Crippen molar-refractivity contribution >= 4 is 17.6 Å². The number of amides is 2. The fraction of sp³-hybridized carbons (Fsp3) is 0.357. The monoisotopic (exact) mass is 488 g/mol. The van der Waals surface area contributed by atoms with Gasteiger partial charge in [-0.1, -0.05) is 24.3 Å². The van der Waals surface area contributed by atoms with Gasteiger partial charge >= 0.3 is 0 Å². The summed E-state index contributed by atoms with van der Waals surface area (Å²) in [6.45, 7) is 0.854. The molecule has 188 valence electrons. The first-order chi connectivity index (χ1) is 17.4. The van der Waals surface area contributed by atoms with Gasteiger partial charge in [0.25, 0.3) is 5.91 Å². The lowest BCUT2D eigenvalue weighted by atomic mass is 10.1. The third-order valence-electron chi connectivity index (χ3n) is 6.43. The van der Waals surface area contributed by atoms with Gasteiger partial charge in [-0.3, -0.25) is 14.4 Å². The molecule has 8 heteroatoms. The number of imidazole rings is 1. The summed E-state index contributed by atoms with van der Waals surface area (Å²) in [7, 11) is 3.49. The Morgan fingerprint density at radius 3 is 2.53 bits per heavy atom. The third-order valence-corrected chi connectivity index (χ3v) is 6.43. The van der Waals surface area contributed by atoms with Crippen molar-refractivity contribution < 1.29 is 19.1 Å². The molecular formula is C28H32N4O4. The summed E-state index contributed by atoms with van der Waals surface area (Å²) < 4.78 is 7.70. The highest BCUT2D eigenvalue weighted by molar-refractivity contribution is 5.94. The Balaban J connectivity index is 1.53. The summed E-state index contributed by atoms with van der Waals surface area (Å²) in [5.74, 6) is 0.540. The van der Waals surface area contributed by atoms with E-state index in [0.29, 0.717) is 56.5 Å². The number of ketones is 1. The summed E-state index contributed by atoms with van der Waals surface area (Å²) in [4.78, 5) is 45.9. The maximum atomic E-state index is 13.0. The maximum Gasteiger partial charge on any atom is 0.253 e. The number of likely N-dealkylation sites (N-methyl/N-ethyl adjacent to an activating group) is 2. The van der Waals surface area contributed by atoms with E-state index in [2.05, 4.69) is 4.98 Å². The molecule has 2 aromatic carbocycles. The number of rotatable bonds is 0. The van der Waals surface area contributed by atoms with Gasteiger partial charge in [-0.15, -0.1) is 0 Å². The van der Waals surface area contributed by atoms with Crippen LogP contribution in [-0.2, 0) is 22.4 Å². The number of nitrogens with zero attached hydrogens (tertiary/aromatic N) is 4. The average Bonchev–Trinajstić information content (AvgIpc) is 3.37. The first-order valence-corrected chi connectivity index (χ1v) is 12.3. The van der Waals surface area contributed by atoms with Crippen LogP contribution in [0.25, 0.3) is 5.69 Å². The molecule has 0 atom stereocenters. The fourth-order valence-electron chi connectivity index (χ4n) is 4.16. The van der Waals surface area contributed by atoms with Crippen LogP contribution in [0.15, 0.2) is 61.1 Å². The Hall–Kier alpha value is -3.94. The van der Waals surface area contributed by atoms with Crippen molar-refractivity contribution in [3.8, 4) is 11.4 Å². The molecular weight excluding hydrogens is 456 g/mol. The van der Waals surface area contributed by atoms with E-state index in [9.17, 15) is 14.4 Å². The van der Waals surface area contributed by atoms with Gasteiger partial charge in [0, 0.05) is 57.5 Å². The lowest BCUT2D eigenvalue weighted by Gasteiger charge is -2.23. The minimum atomic E-state index is -0.107. The van der Waals surface area contributed by atoms with Crippen molar-refractivity contribution in [2.24, 2.45) is 0 Å². The van der Waals surface area contributed by atoms with Crippen LogP contribution in [0, 0.1) is 0 Å². The second kappa shape index (κ2) is 11.7. The normalized spacial score (nSPS) is 16.6. The van der Waals surface area contributed by atoms with Crippen molar-refractivity contribution in [3.63, 3.8) is 0 Å². The molecule has 2 heterocycles. The molecule has 4 bridgehead atoms. The van der Waals surface area contributed by atoms with Gasteiger partial charge in [-0.2, -0.15) is 0 Å². The van der Waals surface area contributed by atoms with Gasteiger partial charge in [-0.05, 0) is 49.1 Å². The quantitative estimate of drug-likeness (QED) is 0.485. The van der Waals surface area contributed by atoms with Gasteiger partial charge in [0.1, 0.15) is 12.4 Å². The molecule has 0 N–H and O–H groups in total. The van der Waals surface area contributed by atoms with E-state index in [1.165, 1.54) is 0 Å². The largest absolute Gasteiger partial charge is 0.486 e. The van der Waals surface area contributed by atoms with E-state index < -0.39 is 0 Å². The summed E-state index contributed by atoms with van der Waals surface area (Å²) in [5, 5.41) is 0. The van der Waals surface area contributed by atoms with Crippen LogP contribution in [0.2, 0.25) is 0 Å². The van der Waals surface area contributed by atoms with Crippen molar-refractivity contribution in [1.82, 2.24) is 19.4 Å². The van der Waals surface area contributed by atoms with Crippen LogP contribution in [0.4, 0.5) is 0 Å². The van der Waals surface area contributed by atoms with Crippen molar-refractivity contribution in [1.29, 1.82) is 0 Å². The molecule has 1 aliphatic rings. The summed E-state index contributed by atoms with van der Waals surface area (Å²) in [6, 6.07) is 14.9. The number of benzene rings is 2. The number of para-hydroxylation sites is 1. The van der Waals surface area contributed by atoms with Crippen molar-refractivity contribution in [3.05, 3.63) is 77.9 Å². The molecule has 3 aromatic rings. The molecule has 8 nitrogen and oxygen atoms in total. The first kappa shape index (κ1) is 25.2. The Labute approximate surface area is 211 Å². The third kappa shape index (κ3) is 6.38. The first-order valence-electron chi connectivity index (χ1n) is 12.3. The van der Waals surface area contributed by atoms with E-state index in [0.717, 1.165) is 16.9 Å². The molecule has 36 heavy (non-hydrogen) atoms. The second-order valence-corrected chi connectivity index (χ2v) is 9.15. The van der Waals surface area contributed by atoms with Crippen LogP contribution in [0.1, 0.15) is 40.9 Å². The molecule has 0 saturated carbocycles. The van der Waals surface area contributed by atoms with Gasteiger partial charge in [0.2, 0.25) is 5.91 Å². The van der Waals surface area contributed by atoms with Gasteiger partial charge in [0.05, 0.1) is 12.0 Å². The maximum absolute atomic E-state index is 13.0. The minimum absolute atomic E-state index is 0.00641. The molecule has 0 radical (unpaired) electrons. The number of aromatic nitrogens is 2. The number of ether oxygens (including phenoxy) is 1. The molecule has 2 amide bonds. The molecule has 1 aromatic heterocycles. The molecule has 0 saturated heterocycles. The number of Topliss-reactive ketones (excluding diaryl/α,β-unsaturated/α-hetero) is 1. The van der Waals surface area contributed by atoms with Crippen LogP contribution in [0.3, 0.4) is 0 Å². The van der Waals surface area contributed by atoms with Crippen LogP contribution < -0.4 is 4.74 Å². The second-order valence-electron chi connectivity index (χ2n) is 9.15. The summed E-state index contributed by atoms with van der Waals surface area (Å²) in [5.41, 5.74) is 3.19. The summed E-state index contributed by atoms with van der Waals surface area (Å²) in [6.07, 6.45) is 6.22. The number of carbonyl (C=O) groups excluding carboxylic acids is 3. The highest BCUT2D eigenvalue weighted by Gasteiger charge is 2.16. The van der Waals surface area contributed by atoms with E-state index in [-0.39, 0.29) is 24.2 Å². The zero-order chi connectivity index (χ0) is 25.5. The topological polar surface area (TPSA) is 84.7 Å². The highest BCUT2D eigenvalue weighted by atomic mass is 16.5. The van der Waals surface area contributed by atoms with Crippen molar-refractivity contribution in [2.45, 2.75) is 32.1 Å². The number of hydrogen-bond donors (Lipinski definition) is 0. The smallest absolute Gasteiger partial charge is 0.253 e. The average molecular weight is 489 g/mol. The Bertz CT molecular complexity index is 1240. The van der Waals surface area contributed by atoms with E-state index in [4.69, 9.17) is 4.74 Å². The number of aryl methyl sites for hydroxylation is 2. The van der Waals surface area contributed by atoms with Crippen LogP contribution >= 0.6 is 0 Å². The molecule has 4 rings (SSSR count). The number of fused-ring (bicyclic) bond motifs is 6. The van der Waals surface area contributed by atoms with Gasteiger partial charge in [-0.25, -0.2) is 4.98 Å². The van der Waals surface area contributed by atoms with Gasteiger partial charge < -0.3 is 19.1 Å². The lowest BCUT2D eigenvalue weighted by Crippen LogP contribution is -2.37. The molecule has 1 aliphatic heterocycles. The molecule has 0 fully saturated rings. The predicted molar refractivity (Wildman–Crippen MR) is 136 cm³/mol. The van der Waals surface area contributed by atoms with E-state index >= 15 is 0 Å². The molecule has 0 aliphatic carbocycles. The van der Waals surface area contributed by atoms with E-state index in [1.54, 1.807) is 36.3 Å². The fourth-order valence-corrected chi connectivity index (χ4v) is 4.16. The number of carbonyl (C=O) groups is 3.